The van der Waals surface area contributed by atoms with Crippen LogP contribution in [0.5, 0.6) is 11.5 Å². The zero-order valence-corrected chi connectivity index (χ0v) is 22.3. The van der Waals surface area contributed by atoms with Crippen molar-refractivity contribution < 1.29 is 47.8 Å². The fraction of sp³-hybridized carbons (Fsp3) is 0.250. The smallest absolute Gasteiger partial charge is 0.434 e. The number of carbonyl (C=O) groups is 5. The van der Waals surface area contributed by atoms with Crippen molar-refractivity contribution >= 4 is 35.7 Å². The SMILES string of the molecule is CCOC(=O)Oc1c2ccc(CC(=O)NOCCN3C(=O)c4ccccc4C3=O)ccc-2c(OC(=O)OCC)c1N. The van der Waals surface area contributed by atoms with E-state index < -0.39 is 30.0 Å². The lowest BCUT2D eigenvalue weighted by Crippen LogP contribution is -2.35. The molecule has 13 heteroatoms. The van der Waals surface area contributed by atoms with Crippen LogP contribution in [0.3, 0.4) is 0 Å². The van der Waals surface area contributed by atoms with Crippen molar-refractivity contribution in [2.45, 2.75) is 20.3 Å². The van der Waals surface area contributed by atoms with Crippen molar-refractivity contribution in [1.29, 1.82) is 0 Å². The van der Waals surface area contributed by atoms with E-state index in [1.807, 2.05) is 0 Å². The highest BCUT2D eigenvalue weighted by molar-refractivity contribution is 6.21. The molecule has 0 saturated heterocycles. The number of hydrogen-bond donors (Lipinski definition) is 2. The fourth-order valence-electron chi connectivity index (χ4n) is 4.14. The van der Waals surface area contributed by atoms with Crippen LogP contribution in [0.1, 0.15) is 40.1 Å². The number of nitrogen functional groups attached to an aromatic ring is 1. The van der Waals surface area contributed by atoms with Crippen LogP contribution in [-0.4, -0.2) is 61.3 Å². The average Bonchev–Trinajstić information content (AvgIpc) is 3.21. The summed E-state index contributed by atoms with van der Waals surface area (Å²) in [5, 5.41) is 0. The number of hydroxylamine groups is 1. The molecular weight excluding hydrogens is 538 g/mol. The van der Waals surface area contributed by atoms with Crippen molar-refractivity contribution in [3.05, 3.63) is 65.2 Å². The molecule has 1 aromatic rings. The van der Waals surface area contributed by atoms with Crippen molar-refractivity contribution in [3.63, 3.8) is 0 Å². The van der Waals surface area contributed by atoms with E-state index in [-0.39, 0.29) is 50.0 Å². The van der Waals surface area contributed by atoms with E-state index in [2.05, 4.69) is 5.48 Å². The van der Waals surface area contributed by atoms with Gasteiger partial charge in [-0.05, 0) is 31.5 Å². The molecule has 3 amide bonds. The summed E-state index contributed by atoms with van der Waals surface area (Å²) in [6.07, 6.45) is -2.13. The van der Waals surface area contributed by atoms with Crippen LogP contribution in [0.25, 0.3) is 11.1 Å². The molecule has 0 saturated carbocycles. The standard InChI is InChI=1S/C28H27N3O10/c1-3-37-27(35)40-23-17-11-9-16(10-12-18(17)24(22(23)29)41-28(36)38-4-2)15-21(32)30-39-14-13-31-25(33)19-7-5-6-8-20(19)26(31)34/h5-12H,3-4,13-15,29H2,1-2H3,(H,30,32). The van der Waals surface area contributed by atoms with Gasteiger partial charge in [-0.1, -0.05) is 36.4 Å². The molecule has 1 heterocycles. The van der Waals surface area contributed by atoms with Crippen LogP contribution >= 0.6 is 0 Å². The van der Waals surface area contributed by atoms with Crippen LogP contribution in [0.4, 0.5) is 15.3 Å². The number of rotatable bonds is 10. The molecule has 0 fully saturated rings. The van der Waals surface area contributed by atoms with Crippen molar-refractivity contribution in [3.8, 4) is 22.6 Å². The second-order valence-electron chi connectivity index (χ2n) is 8.57. The molecule has 3 aliphatic rings. The Hall–Kier alpha value is -5.17. The summed E-state index contributed by atoms with van der Waals surface area (Å²) in [4.78, 5) is 67.6. The Morgan fingerprint density at radius 3 is 1.78 bits per heavy atom. The lowest BCUT2D eigenvalue weighted by atomic mass is 10.1. The van der Waals surface area contributed by atoms with Crippen LogP contribution in [0, 0.1) is 0 Å². The molecule has 0 bridgehead atoms. The van der Waals surface area contributed by atoms with E-state index in [0.29, 0.717) is 27.8 Å². The van der Waals surface area contributed by atoms with Crippen LogP contribution < -0.4 is 20.7 Å². The first-order valence-electron chi connectivity index (χ1n) is 12.6. The molecular formula is C28H27N3O10. The third kappa shape index (κ3) is 6.36. The van der Waals surface area contributed by atoms with E-state index >= 15 is 0 Å². The van der Waals surface area contributed by atoms with Crippen molar-refractivity contribution in [2.24, 2.45) is 0 Å². The summed E-state index contributed by atoms with van der Waals surface area (Å²) in [6.45, 7) is 3.18. The maximum absolute atomic E-state index is 12.5. The monoisotopic (exact) mass is 565 g/mol. The molecule has 0 spiro atoms. The van der Waals surface area contributed by atoms with Gasteiger partial charge in [-0.2, -0.15) is 0 Å². The summed E-state index contributed by atoms with van der Waals surface area (Å²) >= 11 is 0. The minimum atomic E-state index is -1.00. The van der Waals surface area contributed by atoms with Crippen LogP contribution in [0.15, 0.2) is 48.5 Å². The highest BCUT2D eigenvalue weighted by Gasteiger charge is 2.34. The zero-order chi connectivity index (χ0) is 29.5. The number of nitrogens with one attached hydrogen (secondary N) is 1. The van der Waals surface area contributed by atoms with Crippen LogP contribution in [-0.2, 0) is 25.5 Å². The largest absolute Gasteiger partial charge is 0.513 e. The number of ether oxygens (including phenoxy) is 4. The maximum atomic E-state index is 12.5. The van der Waals surface area contributed by atoms with Crippen LogP contribution in [0.2, 0.25) is 0 Å². The Balaban J connectivity index is 1.42. The van der Waals surface area contributed by atoms with Crippen molar-refractivity contribution in [1.82, 2.24) is 10.4 Å². The van der Waals surface area contributed by atoms with Crippen molar-refractivity contribution in [2.75, 3.05) is 32.1 Å². The van der Waals surface area contributed by atoms with E-state index in [1.165, 1.54) is 0 Å². The number of amides is 3. The Morgan fingerprint density at radius 1 is 0.780 bits per heavy atom. The van der Waals surface area contributed by atoms with Gasteiger partial charge in [0.2, 0.25) is 5.91 Å². The Morgan fingerprint density at radius 2 is 1.29 bits per heavy atom. The molecule has 1 aliphatic heterocycles. The third-order valence-corrected chi connectivity index (χ3v) is 5.94. The van der Waals surface area contributed by atoms with Gasteiger partial charge in [0.15, 0.2) is 11.5 Å². The summed E-state index contributed by atoms with van der Waals surface area (Å²) in [6, 6.07) is 12.8. The molecule has 1 aromatic carbocycles. The maximum Gasteiger partial charge on any atom is 0.513 e. The second kappa shape index (κ2) is 12.8. The number of imide groups is 1. The number of carbonyl (C=O) groups excluding carboxylic acids is 5. The predicted octanol–water partition coefficient (Wildman–Crippen LogP) is 3.33. The molecule has 13 nitrogen and oxygen atoms in total. The number of benzene rings is 1. The highest BCUT2D eigenvalue weighted by atomic mass is 16.7. The molecule has 0 radical (unpaired) electrons. The van der Waals surface area contributed by atoms with Gasteiger partial charge >= 0.3 is 12.3 Å². The third-order valence-electron chi connectivity index (χ3n) is 5.94. The minimum Gasteiger partial charge on any atom is -0.434 e. The minimum absolute atomic E-state index is 0.0459. The molecule has 214 valence electrons. The molecule has 4 rings (SSSR count). The molecule has 41 heavy (non-hydrogen) atoms. The second-order valence-corrected chi connectivity index (χ2v) is 8.57. The Kier molecular flexibility index (Phi) is 8.99. The average molecular weight is 566 g/mol. The van der Waals surface area contributed by atoms with Gasteiger partial charge in [-0.3, -0.25) is 24.1 Å². The topological polar surface area (TPSA) is 173 Å². The molecule has 0 atom stereocenters. The molecule has 0 aromatic heterocycles. The Bertz CT molecular complexity index is 1380. The van der Waals surface area contributed by atoms with E-state index in [0.717, 1.165) is 4.90 Å². The molecule has 2 aliphatic carbocycles. The van der Waals surface area contributed by atoms with Gasteiger partial charge in [0.1, 0.15) is 5.69 Å². The first-order chi connectivity index (χ1) is 19.7. The predicted molar refractivity (Wildman–Crippen MR) is 142 cm³/mol. The lowest BCUT2D eigenvalue weighted by molar-refractivity contribution is -0.132. The lowest BCUT2D eigenvalue weighted by Gasteiger charge is -2.13. The zero-order valence-electron chi connectivity index (χ0n) is 22.3. The van der Waals surface area contributed by atoms with E-state index in [9.17, 15) is 24.0 Å². The highest BCUT2D eigenvalue weighted by Crippen LogP contribution is 2.50. The summed E-state index contributed by atoms with van der Waals surface area (Å²) in [5.74, 6) is -1.52. The summed E-state index contributed by atoms with van der Waals surface area (Å²) in [7, 11) is 0. The number of nitrogens with two attached hydrogens (primary N) is 1. The first kappa shape index (κ1) is 28.8. The number of nitrogens with zero attached hydrogens (tertiary/aromatic N) is 1. The van der Waals surface area contributed by atoms with Gasteiger partial charge in [-0.15, -0.1) is 0 Å². The van der Waals surface area contributed by atoms with Gasteiger partial charge in [0, 0.05) is 11.1 Å². The first-order valence-corrected chi connectivity index (χ1v) is 12.6. The summed E-state index contributed by atoms with van der Waals surface area (Å²) in [5.41, 5.74) is 10.1. The summed E-state index contributed by atoms with van der Waals surface area (Å²) < 4.78 is 20.2. The normalized spacial score (nSPS) is 12.2. The molecule has 3 N–H and O–H groups in total. The number of anilines is 1. The van der Waals surface area contributed by atoms with Gasteiger partial charge < -0.3 is 24.7 Å². The van der Waals surface area contributed by atoms with Gasteiger partial charge in [-0.25, -0.2) is 15.1 Å². The van der Waals surface area contributed by atoms with E-state index in [1.54, 1.807) is 62.4 Å². The Labute approximate surface area is 234 Å². The van der Waals surface area contributed by atoms with Gasteiger partial charge in [0.05, 0.1) is 43.9 Å². The van der Waals surface area contributed by atoms with Gasteiger partial charge in [0.25, 0.3) is 11.8 Å². The number of hydrogen-bond acceptors (Lipinski definition) is 11. The fourth-order valence-corrected chi connectivity index (χ4v) is 4.14. The molecule has 0 unspecified atom stereocenters. The number of fused-ring (bicyclic) bond motifs is 2. The van der Waals surface area contributed by atoms with E-state index in [4.69, 9.17) is 29.5 Å². The quantitative estimate of drug-likeness (QED) is 0.160.